The number of hydrogen-bond acceptors (Lipinski definition) is 2. The third-order valence-electron chi connectivity index (χ3n) is 3.50. The van der Waals surface area contributed by atoms with Crippen molar-refractivity contribution in [2.24, 2.45) is 4.99 Å². The minimum Gasteiger partial charge on any atom is -0.195 e. The van der Waals surface area contributed by atoms with Gasteiger partial charge in [0.05, 0.1) is 10.8 Å². The van der Waals surface area contributed by atoms with E-state index in [9.17, 15) is 0 Å². The van der Waals surface area contributed by atoms with Crippen LogP contribution in [0.5, 0.6) is 0 Å². The third-order valence-corrected chi connectivity index (χ3v) is 5.16. The van der Waals surface area contributed by atoms with Gasteiger partial charge in [-0.15, -0.1) is 0 Å². The molecule has 0 aromatic heterocycles. The fraction of sp³-hybridized carbons (Fsp3) is 0. The van der Waals surface area contributed by atoms with Crippen LogP contribution in [-0.2, 0) is 0 Å². The van der Waals surface area contributed by atoms with Gasteiger partial charge in [0.25, 0.3) is 0 Å². The summed E-state index contributed by atoms with van der Waals surface area (Å²) in [7, 11) is 0. The highest BCUT2D eigenvalue weighted by molar-refractivity contribution is 14.1. The number of aliphatic imine (C=N–C) groups is 1. The molecule has 112 valence electrons. The van der Waals surface area contributed by atoms with Crippen LogP contribution in [0.4, 0.5) is 5.69 Å². The molecule has 0 unspecified atom stereocenters. The van der Waals surface area contributed by atoms with Gasteiger partial charge in [-0.3, -0.25) is 0 Å². The number of nitrogens with zero attached hydrogens (tertiary/aromatic N) is 1. The van der Waals surface area contributed by atoms with Crippen molar-refractivity contribution in [2.45, 2.75) is 0 Å². The Balaban J connectivity index is 1.91. The molecular formula is C19H11I2NS. The van der Waals surface area contributed by atoms with E-state index in [1.165, 1.54) is 23.8 Å². The lowest BCUT2D eigenvalue weighted by Crippen LogP contribution is -1.85. The van der Waals surface area contributed by atoms with Gasteiger partial charge in [0, 0.05) is 7.14 Å². The second-order valence-electron chi connectivity index (χ2n) is 4.95. The van der Waals surface area contributed by atoms with Gasteiger partial charge in [-0.05, 0) is 104 Å². The zero-order valence-electron chi connectivity index (χ0n) is 12.0. The molecule has 0 radical (unpaired) electrons. The van der Waals surface area contributed by atoms with Gasteiger partial charge in [0.2, 0.25) is 0 Å². The molecule has 0 heterocycles. The predicted molar refractivity (Wildman–Crippen MR) is 117 cm³/mol. The summed E-state index contributed by atoms with van der Waals surface area (Å²) >= 11 is 9.35. The van der Waals surface area contributed by atoms with Crippen LogP contribution < -0.4 is 0 Å². The highest BCUT2D eigenvalue weighted by atomic mass is 127. The summed E-state index contributed by atoms with van der Waals surface area (Å²) in [6.45, 7) is 0. The molecule has 0 fully saturated rings. The topological polar surface area (TPSA) is 12.4 Å². The maximum absolute atomic E-state index is 4.62. The summed E-state index contributed by atoms with van der Waals surface area (Å²) < 4.78 is 2.52. The van der Waals surface area contributed by atoms with Crippen LogP contribution in [0.15, 0.2) is 71.7 Å². The van der Waals surface area contributed by atoms with Crippen LogP contribution in [-0.4, -0.2) is 5.16 Å². The second kappa shape index (κ2) is 7.66. The SMILES string of the molecule is S=C=Nc1ccc(-c2ccc(-c3ccc(I)cc3I)cc2)cc1. The summed E-state index contributed by atoms with van der Waals surface area (Å²) in [6.07, 6.45) is 0. The van der Waals surface area contributed by atoms with E-state index in [1.54, 1.807) is 0 Å². The minimum atomic E-state index is 0.828. The molecule has 0 aliphatic rings. The van der Waals surface area contributed by atoms with Crippen LogP contribution in [0.25, 0.3) is 22.3 Å². The molecule has 0 saturated heterocycles. The van der Waals surface area contributed by atoms with Crippen molar-refractivity contribution in [1.29, 1.82) is 0 Å². The average Bonchev–Trinajstić information content (AvgIpc) is 2.56. The Bertz CT molecular complexity index is 880. The van der Waals surface area contributed by atoms with Gasteiger partial charge in [-0.1, -0.05) is 42.5 Å². The van der Waals surface area contributed by atoms with E-state index in [2.05, 4.69) is 122 Å². The maximum atomic E-state index is 4.62. The summed E-state index contributed by atoms with van der Waals surface area (Å²) in [5, 5.41) is 2.39. The highest BCUT2D eigenvalue weighted by Crippen LogP contribution is 2.29. The minimum absolute atomic E-state index is 0.828. The van der Waals surface area contributed by atoms with Crippen LogP contribution in [0.3, 0.4) is 0 Å². The number of benzene rings is 3. The van der Waals surface area contributed by atoms with Gasteiger partial charge in [-0.25, -0.2) is 0 Å². The smallest absolute Gasteiger partial charge is 0.0739 e. The van der Waals surface area contributed by atoms with Gasteiger partial charge in [-0.2, -0.15) is 4.99 Å². The van der Waals surface area contributed by atoms with Crippen LogP contribution in [0.2, 0.25) is 0 Å². The Morgan fingerprint density at radius 3 is 1.87 bits per heavy atom. The highest BCUT2D eigenvalue weighted by Gasteiger charge is 2.04. The van der Waals surface area contributed by atoms with Crippen molar-refractivity contribution in [1.82, 2.24) is 0 Å². The largest absolute Gasteiger partial charge is 0.195 e. The summed E-state index contributed by atoms with van der Waals surface area (Å²) in [6, 6.07) is 23.2. The van der Waals surface area contributed by atoms with Crippen molar-refractivity contribution in [3.8, 4) is 22.3 Å². The zero-order valence-corrected chi connectivity index (χ0v) is 17.1. The molecule has 23 heavy (non-hydrogen) atoms. The third kappa shape index (κ3) is 4.07. The first-order chi connectivity index (χ1) is 11.2. The van der Waals surface area contributed by atoms with Crippen molar-refractivity contribution < 1.29 is 0 Å². The monoisotopic (exact) mass is 539 g/mol. The Morgan fingerprint density at radius 2 is 1.30 bits per heavy atom. The lowest BCUT2D eigenvalue weighted by Gasteiger charge is -2.07. The molecule has 0 aliphatic heterocycles. The molecular weight excluding hydrogens is 528 g/mol. The fourth-order valence-corrected chi connectivity index (χ4v) is 4.37. The van der Waals surface area contributed by atoms with Crippen molar-refractivity contribution in [3.63, 3.8) is 0 Å². The molecule has 0 aliphatic carbocycles. The normalized spacial score (nSPS) is 10.2. The van der Waals surface area contributed by atoms with Gasteiger partial charge >= 0.3 is 0 Å². The van der Waals surface area contributed by atoms with E-state index in [4.69, 9.17) is 0 Å². The van der Waals surface area contributed by atoms with E-state index in [1.807, 2.05) is 12.1 Å². The number of halogens is 2. The van der Waals surface area contributed by atoms with E-state index in [-0.39, 0.29) is 0 Å². The Hall–Kier alpha value is -1.08. The molecule has 0 atom stereocenters. The number of hydrogen-bond donors (Lipinski definition) is 0. The zero-order chi connectivity index (χ0) is 16.2. The molecule has 4 heteroatoms. The first-order valence-corrected chi connectivity index (χ1v) is 9.48. The van der Waals surface area contributed by atoms with Gasteiger partial charge in [0.1, 0.15) is 0 Å². The molecule has 3 aromatic carbocycles. The first-order valence-electron chi connectivity index (χ1n) is 6.91. The summed E-state index contributed by atoms with van der Waals surface area (Å²) in [5.74, 6) is 0. The number of isothiocyanates is 1. The van der Waals surface area contributed by atoms with Crippen molar-refractivity contribution in [2.75, 3.05) is 0 Å². The second-order valence-corrected chi connectivity index (χ2v) is 7.54. The number of rotatable bonds is 3. The van der Waals surface area contributed by atoms with Crippen LogP contribution in [0, 0.1) is 7.14 Å². The first kappa shape index (κ1) is 16.8. The van der Waals surface area contributed by atoms with Gasteiger partial charge in [0.15, 0.2) is 0 Å². The average molecular weight is 539 g/mol. The Labute approximate surface area is 168 Å². The fourth-order valence-electron chi connectivity index (χ4n) is 2.35. The lowest BCUT2D eigenvalue weighted by molar-refractivity contribution is 1.52. The van der Waals surface area contributed by atoms with Crippen molar-refractivity contribution in [3.05, 3.63) is 73.9 Å². The van der Waals surface area contributed by atoms with E-state index in [0.29, 0.717) is 0 Å². The lowest BCUT2D eigenvalue weighted by atomic mass is 10.0. The van der Waals surface area contributed by atoms with Crippen molar-refractivity contribution >= 4 is 68.2 Å². The van der Waals surface area contributed by atoms with Crippen LogP contribution >= 0.6 is 57.4 Å². The van der Waals surface area contributed by atoms with Gasteiger partial charge < -0.3 is 0 Å². The molecule has 0 bridgehead atoms. The predicted octanol–water partition coefficient (Wildman–Crippen LogP) is 6.96. The molecule has 3 rings (SSSR count). The van der Waals surface area contributed by atoms with E-state index >= 15 is 0 Å². The standard InChI is InChI=1S/C19H11I2NS/c20-16-7-10-18(19(21)11-16)15-3-1-13(2-4-15)14-5-8-17(9-6-14)22-12-23/h1-11H. The van der Waals surface area contributed by atoms with Crippen LogP contribution in [0.1, 0.15) is 0 Å². The summed E-state index contributed by atoms with van der Waals surface area (Å²) in [4.78, 5) is 3.98. The molecule has 0 spiro atoms. The molecule has 0 saturated carbocycles. The van der Waals surface area contributed by atoms with E-state index in [0.717, 1.165) is 11.3 Å². The summed E-state index contributed by atoms with van der Waals surface area (Å²) in [5.41, 5.74) is 5.68. The van der Waals surface area contributed by atoms with E-state index < -0.39 is 0 Å². The number of thiocarbonyl (C=S) groups is 1. The maximum Gasteiger partial charge on any atom is 0.0739 e. The Morgan fingerprint density at radius 1 is 0.739 bits per heavy atom. The Kier molecular flexibility index (Phi) is 5.58. The molecule has 1 nitrogen and oxygen atoms in total. The quantitative estimate of drug-likeness (QED) is 0.199. The molecule has 0 N–H and O–H groups in total. The molecule has 0 amide bonds. The molecule has 3 aromatic rings.